The second-order valence-corrected chi connectivity index (χ2v) is 13.4. The lowest BCUT2D eigenvalue weighted by Crippen LogP contribution is -2.11. The monoisotopic (exact) mass is 693 g/mol. The third-order valence-corrected chi connectivity index (χ3v) is 10.2. The summed E-state index contributed by atoms with van der Waals surface area (Å²) in [5, 5.41) is 4.18. The van der Waals surface area contributed by atoms with Crippen LogP contribution in [0, 0.1) is 0 Å². The normalized spacial score (nSPS) is 12.4. The van der Waals surface area contributed by atoms with Crippen molar-refractivity contribution in [1.29, 1.82) is 0 Å². The third kappa shape index (κ3) is 5.71. The van der Waals surface area contributed by atoms with E-state index in [1.807, 2.05) is 144 Å². The molecule has 0 saturated carbocycles. The molecule has 0 fully saturated rings. The smallest absolute Gasteiger partial charge is 0.143 e. The second-order valence-electron chi connectivity index (χ2n) is 13.4. The van der Waals surface area contributed by atoms with E-state index in [0.29, 0.717) is 11.3 Å². The van der Waals surface area contributed by atoms with Crippen molar-refractivity contribution < 1.29 is 9.90 Å². The minimum atomic E-state index is -0.129. The average molecular weight is 694 g/mol. The maximum atomic E-state index is 9.57. The van der Waals surface area contributed by atoms with E-state index in [4.69, 9.17) is 4.42 Å². The number of rotatable bonds is 7. The zero-order valence-electron chi connectivity index (χ0n) is 33.3. The molecule has 0 bridgehead atoms. The zero-order valence-corrected chi connectivity index (χ0v) is 29.3. The van der Waals surface area contributed by atoms with Crippen LogP contribution in [0.1, 0.15) is 5.48 Å². The first-order chi connectivity index (χ1) is 28.4. The molecule has 0 aliphatic carbocycles. The van der Waals surface area contributed by atoms with Crippen molar-refractivity contribution in [2.75, 3.05) is 4.90 Å². The summed E-state index contributed by atoms with van der Waals surface area (Å²) in [5.41, 5.74) is 10.2. The number of nitrogens with zero attached hydrogens (tertiary/aromatic N) is 1. The van der Waals surface area contributed by atoms with Crippen LogP contribution in [-0.2, 0) is 0 Å². The Labute approximate surface area is 320 Å². The highest BCUT2D eigenvalue weighted by atomic mass is 16.3. The van der Waals surface area contributed by atoms with Crippen molar-refractivity contribution in [2.24, 2.45) is 0 Å². The molecule has 0 atom stereocenters. The number of hydrogen-bond acceptors (Lipinski definition) is 2. The molecule has 0 radical (unpaired) electrons. The van der Waals surface area contributed by atoms with Crippen LogP contribution in [0.3, 0.4) is 0 Å². The first-order valence-corrected chi connectivity index (χ1v) is 18.1. The van der Waals surface area contributed by atoms with Gasteiger partial charge in [-0.1, -0.05) is 158 Å². The molecule has 10 rings (SSSR count). The van der Waals surface area contributed by atoms with Crippen LogP contribution < -0.4 is 4.90 Å². The molecule has 0 aliphatic rings. The highest BCUT2D eigenvalue weighted by Crippen LogP contribution is 2.43. The van der Waals surface area contributed by atoms with Crippen LogP contribution >= 0.6 is 0 Å². The average Bonchev–Trinajstić information content (AvgIpc) is 3.67. The summed E-state index contributed by atoms with van der Waals surface area (Å²) < 4.78 is 44.3. The maximum Gasteiger partial charge on any atom is 0.143 e. The van der Waals surface area contributed by atoms with Crippen molar-refractivity contribution in [3.63, 3.8) is 0 Å². The fraction of sp³-hybridized carbons (Fsp3) is 0. The lowest BCUT2D eigenvalue weighted by molar-refractivity contribution is 0.672. The maximum absolute atomic E-state index is 9.57. The fourth-order valence-corrected chi connectivity index (χ4v) is 7.44. The van der Waals surface area contributed by atoms with Gasteiger partial charge in [-0.05, 0) is 98.9 Å². The SMILES string of the molecule is [2H]c1c([2H])c(N(c2ccc(-c3ccccc3)cc2)c2ccccc2-c2ccc3c(ccc4c5ccccc5oc34)c2)c([2H])c([2H])c1-c1ccc(-c2ccccc2)cc1. The van der Waals surface area contributed by atoms with Gasteiger partial charge in [0, 0.05) is 33.1 Å². The molecule has 2 nitrogen and oxygen atoms in total. The van der Waals surface area contributed by atoms with Crippen LogP contribution in [0.5, 0.6) is 0 Å². The molecule has 1 heterocycles. The molecule has 0 amide bonds. The number of fused-ring (bicyclic) bond motifs is 5. The van der Waals surface area contributed by atoms with E-state index in [2.05, 4.69) is 48.5 Å². The lowest BCUT2D eigenvalue weighted by Gasteiger charge is -2.28. The molecule has 10 aromatic rings. The van der Waals surface area contributed by atoms with Crippen molar-refractivity contribution >= 4 is 49.8 Å². The molecule has 2 heteroatoms. The number of benzene rings is 9. The molecule has 0 saturated heterocycles. The van der Waals surface area contributed by atoms with Crippen LogP contribution in [-0.4, -0.2) is 0 Å². The molecule has 0 N–H and O–H groups in total. The van der Waals surface area contributed by atoms with E-state index in [9.17, 15) is 5.48 Å². The summed E-state index contributed by atoms with van der Waals surface area (Å²) in [6.45, 7) is 0. The molecule has 0 aliphatic heterocycles. The van der Waals surface area contributed by atoms with Gasteiger partial charge >= 0.3 is 0 Å². The predicted molar refractivity (Wildman–Crippen MR) is 228 cm³/mol. The van der Waals surface area contributed by atoms with E-state index >= 15 is 0 Å². The Kier molecular flexibility index (Phi) is 6.84. The van der Waals surface area contributed by atoms with Crippen molar-refractivity contribution in [3.8, 4) is 44.5 Å². The topological polar surface area (TPSA) is 16.4 Å². The Morgan fingerprint density at radius 3 is 1.61 bits per heavy atom. The quantitative estimate of drug-likeness (QED) is 0.165. The highest BCUT2D eigenvalue weighted by Gasteiger charge is 2.19. The van der Waals surface area contributed by atoms with Crippen LogP contribution in [0.4, 0.5) is 17.1 Å². The van der Waals surface area contributed by atoms with Crippen molar-refractivity contribution in [2.45, 2.75) is 0 Å². The van der Waals surface area contributed by atoms with Gasteiger partial charge in [0.25, 0.3) is 0 Å². The third-order valence-electron chi connectivity index (χ3n) is 10.2. The summed E-state index contributed by atoms with van der Waals surface area (Å²) in [7, 11) is 0. The van der Waals surface area contributed by atoms with Gasteiger partial charge in [-0.3, -0.25) is 0 Å². The molecular formula is C52H35NO. The van der Waals surface area contributed by atoms with Gasteiger partial charge in [-0.15, -0.1) is 0 Å². The Bertz CT molecular complexity index is 3110. The van der Waals surface area contributed by atoms with E-state index in [0.717, 1.165) is 71.8 Å². The second kappa shape index (κ2) is 13.4. The minimum absolute atomic E-state index is 0.104. The standard InChI is InChI=1S/C52H35NO/c1-3-11-36(12-4-1)38-19-21-39(22-20-38)41-25-31-45(32-26-41)53(44-29-23-40(24-30-44)37-13-5-2-6-14-37)50-17-9-7-15-46(50)42-27-33-47-43(35-42)28-34-49-48-16-8-10-18-51(48)54-52(47)49/h1-35H/i25D,26D,31D,32D. The Balaban J connectivity index is 1.14. The molecule has 0 spiro atoms. The van der Waals surface area contributed by atoms with Crippen LogP contribution in [0.15, 0.2) is 217 Å². The van der Waals surface area contributed by atoms with Crippen LogP contribution in [0.25, 0.3) is 77.2 Å². The van der Waals surface area contributed by atoms with Gasteiger partial charge in [0.05, 0.1) is 11.2 Å². The summed E-state index contributed by atoms with van der Waals surface area (Å²) in [5.74, 6) is 0. The van der Waals surface area contributed by atoms with Gasteiger partial charge in [0.1, 0.15) is 11.2 Å². The van der Waals surface area contributed by atoms with E-state index in [-0.39, 0.29) is 35.4 Å². The fourth-order valence-electron chi connectivity index (χ4n) is 7.44. The number of para-hydroxylation sites is 2. The Morgan fingerprint density at radius 1 is 0.370 bits per heavy atom. The molecular weight excluding hydrogens is 655 g/mol. The number of hydrogen-bond donors (Lipinski definition) is 0. The van der Waals surface area contributed by atoms with Crippen LogP contribution in [0.2, 0.25) is 0 Å². The number of furan rings is 1. The minimum Gasteiger partial charge on any atom is -0.455 e. The molecule has 254 valence electrons. The number of anilines is 3. The first-order valence-electron chi connectivity index (χ1n) is 20.1. The van der Waals surface area contributed by atoms with E-state index < -0.39 is 0 Å². The van der Waals surface area contributed by atoms with Crippen molar-refractivity contribution in [1.82, 2.24) is 0 Å². The Morgan fingerprint density at radius 2 is 0.907 bits per heavy atom. The van der Waals surface area contributed by atoms with E-state index in [1.165, 1.54) is 0 Å². The Hall–Kier alpha value is -7.16. The van der Waals surface area contributed by atoms with Gasteiger partial charge in [-0.2, -0.15) is 0 Å². The summed E-state index contributed by atoms with van der Waals surface area (Å²) in [4.78, 5) is 1.87. The van der Waals surface area contributed by atoms with Gasteiger partial charge in [0.15, 0.2) is 0 Å². The van der Waals surface area contributed by atoms with Gasteiger partial charge in [-0.25, -0.2) is 0 Å². The molecule has 1 aromatic heterocycles. The lowest BCUT2D eigenvalue weighted by atomic mass is 9.97. The summed E-state index contributed by atoms with van der Waals surface area (Å²) in [6, 6.07) is 62.0. The van der Waals surface area contributed by atoms with Gasteiger partial charge < -0.3 is 9.32 Å². The first kappa shape index (κ1) is 27.5. The largest absolute Gasteiger partial charge is 0.455 e. The highest BCUT2D eigenvalue weighted by molar-refractivity contribution is 6.15. The molecule has 54 heavy (non-hydrogen) atoms. The molecule has 9 aromatic carbocycles. The predicted octanol–water partition coefficient (Wildman–Crippen LogP) is 14.9. The zero-order chi connectivity index (χ0) is 39.3. The van der Waals surface area contributed by atoms with E-state index in [1.54, 1.807) is 0 Å². The molecule has 0 unspecified atom stereocenters. The summed E-state index contributed by atoms with van der Waals surface area (Å²) >= 11 is 0. The van der Waals surface area contributed by atoms with Crippen molar-refractivity contribution in [3.05, 3.63) is 212 Å². The van der Waals surface area contributed by atoms with Gasteiger partial charge in [0.2, 0.25) is 0 Å². The summed E-state index contributed by atoms with van der Waals surface area (Å²) in [6.07, 6.45) is 0.